The summed E-state index contributed by atoms with van der Waals surface area (Å²) in [5, 5.41) is 34.3. The maximum Gasteiger partial charge on any atom is 0.314 e. The van der Waals surface area contributed by atoms with E-state index >= 15 is 0 Å². The largest absolute Gasteiger partial charge is 0.504 e. The van der Waals surface area contributed by atoms with Gasteiger partial charge in [-0.2, -0.15) is 0 Å². The molecular weight excluding hydrogens is 381 g/mol. The van der Waals surface area contributed by atoms with Crippen LogP contribution in [-0.2, 0) is 0 Å². The second-order valence-electron chi connectivity index (χ2n) is 6.79. The Morgan fingerprint density at radius 1 is 1.12 bits per heavy atom. The summed E-state index contributed by atoms with van der Waals surface area (Å²) < 4.78 is 0. The molecule has 1 aliphatic carbocycles. The van der Waals surface area contributed by atoms with Gasteiger partial charge in [0, 0.05) is 38.3 Å². The van der Waals surface area contributed by atoms with Gasteiger partial charge in [-0.25, -0.2) is 0 Å². The topological polar surface area (TPSA) is 98.9 Å². The second-order valence-corrected chi connectivity index (χ2v) is 6.79. The lowest BCUT2D eigenvalue weighted by atomic mass is 9.80. The van der Waals surface area contributed by atoms with Gasteiger partial charge in [-0.05, 0) is 30.4 Å². The van der Waals surface area contributed by atoms with E-state index in [-0.39, 0.29) is 30.9 Å². The van der Waals surface area contributed by atoms with Crippen LogP contribution in [0.5, 0.6) is 11.5 Å². The molecule has 26 heavy (non-hydrogen) atoms. The van der Waals surface area contributed by atoms with Crippen LogP contribution in [0.3, 0.4) is 0 Å². The van der Waals surface area contributed by atoms with Gasteiger partial charge in [0.15, 0.2) is 5.75 Å². The van der Waals surface area contributed by atoms with Gasteiger partial charge in [-0.3, -0.25) is 15.0 Å². The third-order valence-electron chi connectivity index (χ3n) is 5.27. The van der Waals surface area contributed by atoms with Gasteiger partial charge in [0.25, 0.3) is 0 Å². The van der Waals surface area contributed by atoms with Crippen LogP contribution >= 0.6 is 24.8 Å². The Bertz CT molecular complexity index is 588. The highest BCUT2D eigenvalue weighted by atomic mass is 35.5. The fraction of sp³-hybridized carbons (Fsp3) is 0.647. The summed E-state index contributed by atoms with van der Waals surface area (Å²) in [4.78, 5) is 12.9. The van der Waals surface area contributed by atoms with E-state index in [0.29, 0.717) is 5.92 Å². The number of nitrogens with one attached hydrogen (secondary N) is 1. The second kappa shape index (κ2) is 10.2. The molecule has 0 aromatic heterocycles. The molecule has 9 heteroatoms. The van der Waals surface area contributed by atoms with Gasteiger partial charge in [0.05, 0.1) is 4.92 Å². The number of piperazine rings is 1. The Morgan fingerprint density at radius 2 is 1.73 bits per heavy atom. The summed E-state index contributed by atoms with van der Waals surface area (Å²) in [7, 11) is 0. The van der Waals surface area contributed by atoms with Crippen molar-refractivity contribution in [3.63, 3.8) is 0 Å². The number of phenolic OH excluding ortho intramolecular Hbond substituents is 2. The normalized spacial score (nSPS) is 19.8. The quantitative estimate of drug-likeness (QED) is 0.401. The molecule has 0 radical (unpaired) electrons. The van der Waals surface area contributed by atoms with Crippen molar-refractivity contribution >= 4 is 30.5 Å². The molecule has 1 atom stereocenters. The molecule has 148 valence electrons. The number of benzene rings is 1. The highest BCUT2D eigenvalue weighted by Gasteiger charge is 2.33. The number of phenols is 2. The van der Waals surface area contributed by atoms with Crippen LogP contribution in [0.25, 0.3) is 0 Å². The van der Waals surface area contributed by atoms with Crippen molar-refractivity contribution in [2.24, 2.45) is 5.92 Å². The van der Waals surface area contributed by atoms with E-state index in [2.05, 4.69) is 10.2 Å². The fourth-order valence-electron chi connectivity index (χ4n) is 4.13. The first-order chi connectivity index (χ1) is 11.6. The molecule has 1 aromatic carbocycles. The Hall–Kier alpha value is -1.28. The van der Waals surface area contributed by atoms with Crippen molar-refractivity contribution in [3.05, 3.63) is 27.8 Å². The Balaban J connectivity index is 0.00000169. The standard InChI is InChI=1S/C17H25N3O4.2ClH/c21-15-11-13(10-14(17(15)22)20(23)24)16(12-4-2-1-3-5-12)19-8-6-18-7-9-19;;/h10-12,16,18,21-22H,1-9H2;2*1H/t16-;;/m0../s1. The number of aromatic hydroxyl groups is 2. The van der Waals surface area contributed by atoms with Crippen molar-refractivity contribution in [2.45, 2.75) is 38.1 Å². The number of halogens is 2. The number of nitrogens with zero attached hydrogens (tertiary/aromatic N) is 2. The van der Waals surface area contributed by atoms with Crippen LogP contribution in [0.1, 0.15) is 43.7 Å². The van der Waals surface area contributed by atoms with E-state index in [1.807, 2.05) is 0 Å². The lowest BCUT2D eigenvalue weighted by Crippen LogP contribution is -2.47. The first kappa shape index (κ1) is 22.8. The van der Waals surface area contributed by atoms with E-state index < -0.39 is 22.1 Å². The average Bonchev–Trinajstić information content (AvgIpc) is 2.60. The maximum absolute atomic E-state index is 11.2. The third kappa shape index (κ3) is 4.91. The predicted molar refractivity (Wildman–Crippen MR) is 105 cm³/mol. The van der Waals surface area contributed by atoms with Crippen molar-refractivity contribution < 1.29 is 15.1 Å². The average molecular weight is 408 g/mol. The van der Waals surface area contributed by atoms with Crippen LogP contribution in [0, 0.1) is 16.0 Å². The molecule has 7 nitrogen and oxygen atoms in total. The van der Waals surface area contributed by atoms with Gasteiger partial charge in [-0.1, -0.05) is 19.3 Å². The molecule has 0 bridgehead atoms. The zero-order valence-electron chi connectivity index (χ0n) is 14.6. The summed E-state index contributed by atoms with van der Waals surface area (Å²) in [5.74, 6) is -0.623. The number of rotatable bonds is 4. The molecule has 3 rings (SSSR count). The minimum atomic E-state index is -0.647. The summed E-state index contributed by atoms with van der Waals surface area (Å²) in [5.41, 5.74) is 0.326. The molecule has 1 saturated carbocycles. The summed E-state index contributed by atoms with van der Waals surface area (Å²) in [6, 6.07) is 3.00. The van der Waals surface area contributed by atoms with Gasteiger partial charge >= 0.3 is 5.69 Å². The van der Waals surface area contributed by atoms with E-state index in [9.17, 15) is 20.3 Å². The van der Waals surface area contributed by atoms with Gasteiger partial charge < -0.3 is 15.5 Å². The molecule has 2 fully saturated rings. The SMILES string of the molecule is Cl.Cl.O=[N+]([O-])c1cc([C@H](C2CCCCC2)N2CCNCC2)cc(O)c1O. The van der Waals surface area contributed by atoms with Crippen LogP contribution < -0.4 is 5.32 Å². The summed E-state index contributed by atoms with van der Waals surface area (Å²) in [6.45, 7) is 3.57. The molecule has 1 heterocycles. The van der Waals surface area contributed by atoms with E-state index in [1.165, 1.54) is 31.4 Å². The Kier molecular flexibility index (Phi) is 8.89. The Morgan fingerprint density at radius 3 is 2.31 bits per heavy atom. The van der Waals surface area contributed by atoms with Crippen LogP contribution in [0.2, 0.25) is 0 Å². The van der Waals surface area contributed by atoms with Gasteiger partial charge in [0.1, 0.15) is 0 Å². The van der Waals surface area contributed by atoms with Crippen LogP contribution in [0.4, 0.5) is 5.69 Å². The maximum atomic E-state index is 11.2. The van der Waals surface area contributed by atoms with E-state index in [1.54, 1.807) is 0 Å². The van der Waals surface area contributed by atoms with Crippen molar-refractivity contribution in [1.29, 1.82) is 0 Å². The predicted octanol–water partition coefficient (Wildman–Crippen LogP) is 3.38. The lowest BCUT2D eigenvalue weighted by molar-refractivity contribution is -0.386. The molecule has 2 aliphatic rings. The monoisotopic (exact) mass is 407 g/mol. The Labute approximate surface area is 165 Å². The fourth-order valence-corrected chi connectivity index (χ4v) is 4.13. The molecule has 0 spiro atoms. The summed E-state index contributed by atoms with van der Waals surface area (Å²) in [6.07, 6.45) is 5.80. The van der Waals surface area contributed by atoms with E-state index in [4.69, 9.17) is 0 Å². The third-order valence-corrected chi connectivity index (χ3v) is 5.27. The van der Waals surface area contributed by atoms with Crippen LogP contribution in [0.15, 0.2) is 12.1 Å². The van der Waals surface area contributed by atoms with Crippen LogP contribution in [-0.4, -0.2) is 46.2 Å². The number of nitro benzene ring substituents is 1. The molecule has 0 amide bonds. The highest BCUT2D eigenvalue weighted by Crippen LogP contribution is 2.44. The summed E-state index contributed by atoms with van der Waals surface area (Å²) >= 11 is 0. The molecule has 1 aliphatic heterocycles. The smallest absolute Gasteiger partial charge is 0.314 e. The van der Waals surface area contributed by atoms with E-state index in [0.717, 1.165) is 44.6 Å². The molecule has 3 N–H and O–H groups in total. The minimum Gasteiger partial charge on any atom is -0.504 e. The zero-order valence-corrected chi connectivity index (χ0v) is 16.2. The zero-order chi connectivity index (χ0) is 17.1. The molecular formula is C17H27Cl2N3O4. The first-order valence-corrected chi connectivity index (χ1v) is 8.73. The van der Waals surface area contributed by atoms with Gasteiger partial charge in [0.2, 0.25) is 5.75 Å². The van der Waals surface area contributed by atoms with Crippen molar-refractivity contribution in [1.82, 2.24) is 10.2 Å². The minimum absolute atomic E-state index is 0. The molecule has 0 unspecified atom stereocenters. The number of nitro groups is 1. The molecule has 1 saturated heterocycles. The lowest BCUT2D eigenvalue weighted by Gasteiger charge is -2.41. The number of hydrogen-bond acceptors (Lipinski definition) is 6. The molecule has 1 aromatic rings. The van der Waals surface area contributed by atoms with Crippen molar-refractivity contribution in [3.8, 4) is 11.5 Å². The van der Waals surface area contributed by atoms with Gasteiger partial charge in [-0.15, -0.1) is 24.8 Å². The number of hydrogen-bond donors (Lipinski definition) is 3. The first-order valence-electron chi connectivity index (χ1n) is 8.73. The van der Waals surface area contributed by atoms with Crippen molar-refractivity contribution in [2.75, 3.05) is 26.2 Å². The highest BCUT2D eigenvalue weighted by molar-refractivity contribution is 5.85.